The number of pyridine rings is 1. The molecule has 0 unspecified atom stereocenters. The van der Waals surface area contributed by atoms with Gasteiger partial charge in [0, 0.05) is 88.6 Å². The summed E-state index contributed by atoms with van der Waals surface area (Å²) in [5.74, 6) is 1.45. The molecule has 0 bridgehead atoms. The average Bonchev–Trinajstić information content (AvgIpc) is 3.11. The summed E-state index contributed by atoms with van der Waals surface area (Å²) in [5, 5.41) is 9.80. The quantitative estimate of drug-likeness (QED) is 0.284. The van der Waals surface area contributed by atoms with E-state index < -0.39 is 5.82 Å². The van der Waals surface area contributed by atoms with Gasteiger partial charge in [-0.3, -0.25) is 14.7 Å². The lowest BCUT2D eigenvalue weighted by Crippen LogP contribution is -2.40. The number of hydrogen-bond donors (Lipinski definition) is 1. The van der Waals surface area contributed by atoms with Crippen LogP contribution in [0.15, 0.2) is 43.0 Å². The predicted molar refractivity (Wildman–Crippen MR) is 186 cm³/mol. The zero-order chi connectivity index (χ0) is 34.3. The summed E-state index contributed by atoms with van der Waals surface area (Å²) < 4.78 is 27.3. The van der Waals surface area contributed by atoms with Gasteiger partial charge in [0.1, 0.15) is 29.7 Å². The van der Waals surface area contributed by atoms with Crippen molar-refractivity contribution in [1.82, 2.24) is 29.7 Å². The lowest BCUT2D eigenvalue weighted by Gasteiger charge is -2.35. The van der Waals surface area contributed by atoms with Gasteiger partial charge in [0.2, 0.25) is 0 Å². The lowest BCUT2D eigenvalue weighted by molar-refractivity contribution is 0.0713. The Morgan fingerprint density at radius 3 is 2.53 bits per heavy atom. The number of likely N-dealkylation sites (tertiary alicyclic amines) is 1. The van der Waals surface area contributed by atoms with Gasteiger partial charge < -0.3 is 29.3 Å². The highest BCUT2D eigenvalue weighted by Crippen LogP contribution is 2.35. The number of carbonyl (C=O) groups excluding carboxylic acids is 1. The fourth-order valence-corrected chi connectivity index (χ4v) is 7.19. The summed E-state index contributed by atoms with van der Waals surface area (Å²) >= 11 is 0. The molecule has 3 aromatic rings. The third kappa shape index (κ3) is 8.66. The summed E-state index contributed by atoms with van der Waals surface area (Å²) in [5.41, 5.74) is 2.50. The number of aliphatic hydroxyl groups excluding tert-OH is 1. The Morgan fingerprint density at radius 1 is 1.00 bits per heavy atom. The number of rotatable bonds is 12. The van der Waals surface area contributed by atoms with Crippen molar-refractivity contribution in [3.8, 4) is 17.2 Å². The van der Waals surface area contributed by atoms with Crippen molar-refractivity contribution in [3.63, 3.8) is 0 Å². The monoisotopic (exact) mass is 675 g/mol. The highest BCUT2D eigenvalue weighted by molar-refractivity contribution is 5.97. The van der Waals surface area contributed by atoms with Crippen molar-refractivity contribution in [2.75, 3.05) is 57.3 Å². The van der Waals surface area contributed by atoms with Gasteiger partial charge in [0.25, 0.3) is 5.91 Å². The molecule has 2 aromatic heterocycles. The maximum atomic E-state index is 14.3. The minimum absolute atomic E-state index is 0.0455. The summed E-state index contributed by atoms with van der Waals surface area (Å²) in [7, 11) is 0. The Balaban J connectivity index is 1.06. The van der Waals surface area contributed by atoms with Crippen molar-refractivity contribution in [2.24, 2.45) is 0 Å². The second-order valence-corrected chi connectivity index (χ2v) is 13.6. The number of aliphatic hydroxyl groups is 1. The van der Waals surface area contributed by atoms with Gasteiger partial charge in [-0.15, -0.1) is 0 Å². The number of amides is 1. The molecule has 0 spiro atoms. The molecule has 2 saturated heterocycles. The number of benzene rings is 1. The van der Waals surface area contributed by atoms with Crippen LogP contribution in [0.25, 0.3) is 0 Å². The van der Waals surface area contributed by atoms with E-state index in [2.05, 4.69) is 29.7 Å². The molecule has 0 saturated carbocycles. The van der Waals surface area contributed by atoms with Crippen LogP contribution in [0.3, 0.4) is 0 Å². The zero-order valence-electron chi connectivity index (χ0n) is 29.1. The van der Waals surface area contributed by atoms with E-state index in [1.807, 2.05) is 33.0 Å². The van der Waals surface area contributed by atoms with Crippen LogP contribution >= 0.6 is 0 Å². The number of ether oxygens (including phenoxy) is 2. The molecule has 264 valence electrons. The van der Waals surface area contributed by atoms with Crippen molar-refractivity contribution in [2.45, 2.75) is 84.1 Å². The maximum absolute atomic E-state index is 14.3. The maximum Gasteiger partial charge on any atom is 0.257 e. The first-order valence-electron chi connectivity index (χ1n) is 17.9. The first kappa shape index (κ1) is 35.0. The Labute approximate surface area is 289 Å². The van der Waals surface area contributed by atoms with Gasteiger partial charge in [0.05, 0.1) is 17.9 Å². The molecule has 12 heteroatoms. The molecular formula is C37H50FN7O4. The molecular weight excluding hydrogens is 625 g/mol. The van der Waals surface area contributed by atoms with Crippen LogP contribution in [0.1, 0.15) is 74.5 Å². The van der Waals surface area contributed by atoms with Crippen LogP contribution < -0.4 is 14.4 Å². The molecule has 0 radical (unpaired) electrons. The molecule has 3 aliphatic heterocycles. The van der Waals surface area contributed by atoms with Crippen molar-refractivity contribution >= 4 is 11.7 Å². The SMILES string of the molecule is CCN(C(=O)c1cc(F)ccc1Oc1cncnc1N1CCC(Oc2ccnc3c2CN(CCCN2CCC(O)CC2)CC3)CC1)C(C)C. The van der Waals surface area contributed by atoms with E-state index in [1.165, 1.54) is 30.1 Å². The number of aromatic nitrogens is 3. The summed E-state index contributed by atoms with van der Waals surface area (Å²) in [6.07, 6.45) is 10.3. The normalized spacial score (nSPS) is 18.0. The Morgan fingerprint density at radius 2 is 1.78 bits per heavy atom. The number of hydrogen-bond acceptors (Lipinski definition) is 10. The molecule has 6 rings (SSSR count). The first-order valence-corrected chi connectivity index (χ1v) is 17.9. The molecule has 0 atom stereocenters. The predicted octanol–water partition coefficient (Wildman–Crippen LogP) is 4.93. The number of nitrogens with zero attached hydrogens (tertiary/aromatic N) is 7. The zero-order valence-corrected chi connectivity index (χ0v) is 29.1. The van der Waals surface area contributed by atoms with Crippen LogP contribution in [0.5, 0.6) is 17.2 Å². The fraction of sp³-hybridized carbons (Fsp3) is 0.568. The number of piperidine rings is 2. The van der Waals surface area contributed by atoms with Crippen LogP contribution in [0.2, 0.25) is 0 Å². The number of carbonyl (C=O) groups is 1. The second kappa shape index (κ2) is 16.2. The van der Waals surface area contributed by atoms with E-state index in [9.17, 15) is 14.3 Å². The van der Waals surface area contributed by atoms with E-state index in [0.717, 1.165) is 89.2 Å². The van der Waals surface area contributed by atoms with E-state index in [-0.39, 0.29) is 35.5 Å². The minimum atomic E-state index is -0.500. The van der Waals surface area contributed by atoms with E-state index in [0.29, 0.717) is 31.2 Å². The number of anilines is 1. The van der Waals surface area contributed by atoms with Gasteiger partial charge in [-0.05, 0) is 77.4 Å². The first-order chi connectivity index (χ1) is 23.8. The third-order valence-corrected chi connectivity index (χ3v) is 9.97. The summed E-state index contributed by atoms with van der Waals surface area (Å²) in [6.45, 7) is 13.6. The minimum Gasteiger partial charge on any atom is -0.490 e. The van der Waals surface area contributed by atoms with Gasteiger partial charge >= 0.3 is 0 Å². The van der Waals surface area contributed by atoms with Gasteiger partial charge in [-0.2, -0.15) is 0 Å². The Kier molecular flexibility index (Phi) is 11.6. The standard InChI is InChI=1S/C37H50FN7O4/c1-4-45(26(2)3)37(47)30-22-27(38)6-7-33(30)49-35-23-39-25-41-36(35)44-20-11-29(12-21-44)48-34-8-14-40-32-13-19-43(24-31(32)34)16-5-15-42-17-9-28(46)10-18-42/h6-8,14,22-23,25-26,28-29,46H,4-5,9-13,15-21,24H2,1-3H3. The molecule has 3 aliphatic rings. The topological polar surface area (TPSA) is 107 Å². The molecule has 1 aromatic carbocycles. The largest absolute Gasteiger partial charge is 0.490 e. The van der Waals surface area contributed by atoms with Crippen molar-refractivity contribution in [1.29, 1.82) is 0 Å². The van der Waals surface area contributed by atoms with Crippen molar-refractivity contribution in [3.05, 3.63) is 65.6 Å². The van der Waals surface area contributed by atoms with E-state index in [1.54, 1.807) is 11.1 Å². The third-order valence-electron chi connectivity index (χ3n) is 9.97. The molecule has 2 fully saturated rings. The molecule has 5 heterocycles. The molecule has 1 N–H and O–H groups in total. The van der Waals surface area contributed by atoms with Crippen LogP contribution in [-0.2, 0) is 13.0 Å². The highest BCUT2D eigenvalue weighted by Gasteiger charge is 2.28. The van der Waals surface area contributed by atoms with Crippen LogP contribution in [0, 0.1) is 5.82 Å². The Bertz CT molecular complexity index is 1560. The smallest absolute Gasteiger partial charge is 0.257 e. The lowest BCUT2D eigenvalue weighted by atomic mass is 10.0. The van der Waals surface area contributed by atoms with Crippen molar-refractivity contribution < 1.29 is 23.8 Å². The molecule has 1 amide bonds. The highest BCUT2D eigenvalue weighted by atomic mass is 19.1. The van der Waals surface area contributed by atoms with Gasteiger partial charge in [-0.25, -0.2) is 14.4 Å². The second-order valence-electron chi connectivity index (χ2n) is 13.6. The average molecular weight is 676 g/mol. The summed E-state index contributed by atoms with van der Waals surface area (Å²) in [6, 6.07) is 5.98. The van der Waals surface area contributed by atoms with E-state index in [4.69, 9.17) is 9.47 Å². The van der Waals surface area contributed by atoms with Crippen LogP contribution in [0.4, 0.5) is 10.2 Å². The summed E-state index contributed by atoms with van der Waals surface area (Å²) in [4.78, 5) is 35.6. The Hall–Kier alpha value is -3.87. The number of halogens is 1. The van der Waals surface area contributed by atoms with Gasteiger partial charge in [0.15, 0.2) is 11.6 Å². The number of fused-ring (bicyclic) bond motifs is 1. The molecule has 0 aliphatic carbocycles. The molecule has 11 nitrogen and oxygen atoms in total. The van der Waals surface area contributed by atoms with E-state index >= 15 is 0 Å². The van der Waals surface area contributed by atoms with Crippen LogP contribution in [-0.4, -0.2) is 111 Å². The molecule has 49 heavy (non-hydrogen) atoms. The van der Waals surface area contributed by atoms with Gasteiger partial charge in [-0.1, -0.05) is 0 Å². The fourth-order valence-electron chi connectivity index (χ4n) is 7.19.